The average molecular weight is 279 g/mol. The summed E-state index contributed by atoms with van der Waals surface area (Å²) in [6, 6.07) is 11.3. The molecule has 4 nitrogen and oxygen atoms in total. The molecule has 2 aromatic rings. The fourth-order valence-corrected chi connectivity index (χ4v) is 1.76. The lowest BCUT2D eigenvalue weighted by Gasteiger charge is -2.08. The molecule has 0 fully saturated rings. The number of rotatable bonds is 4. The monoisotopic (exact) mass is 278 g/mol. The largest absolute Gasteiger partial charge is 0.507 e. The van der Waals surface area contributed by atoms with Crippen LogP contribution in [0.15, 0.2) is 42.5 Å². The van der Waals surface area contributed by atoms with Gasteiger partial charge in [-0.3, -0.25) is 0 Å². The summed E-state index contributed by atoms with van der Waals surface area (Å²) in [5.41, 5.74) is 0.518. The van der Waals surface area contributed by atoms with Crippen LogP contribution >= 0.6 is 11.6 Å². The Morgan fingerprint density at radius 1 is 1.21 bits per heavy atom. The second-order valence-corrected chi connectivity index (χ2v) is 4.28. The van der Waals surface area contributed by atoms with Crippen LogP contribution in [0.4, 0.5) is 0 Å². The molecule has 0 amide bonds. The number of carboxylic acids is 1. The molecule has 98 valence electrons. The van der Waals surface area contributed by atoms with Crippen molar-refractivity contribution in [1.82, 2.24) is 0 Å². The summed E-state index contributed by atoms with van der Waals surface area (Å²) in [5, 5.41) is 18.8. The summed E-state index contributed by atoms with van der Waals surface area (Å²) in [7, 11) is 0. The highest BCUT2D eigenvalue weighted by Crippen LogP contribution is 2.25. The summed E-state index contributed by atoms with van der Waals surface area (Å²) >= 11 is 5.94. The minimum Gasteiger partial charge on any atom is -0.507 e. The van der Waals surface area contributed by atoms with Crippen LogP contribution in [-0.2, 0) is 6.61 Å². The molecule has 0 bridgehead atoms. The fourth-order valence-electron chi connectivity index (χ4n) is 1.57. The van der Waals surface area contributed by atoms with E-state index in [1.165, 1.54) is 12.1 Å². The Labute approximate surface area is 114 Å². The first kappa shape index (κ1) is 13.2. The van der Waals surface area contributed by atoms with Gasteiger partial charge in [0.2, 0.25) is 0 Å². The normalized spacial score (nSPS) is 10.2. The molecular weight excluding hydrogens is 268 g/mol. The Balaban J connectivity index is 2.11. The summed E-state index contributed by atoms with van der Waals surface area (Å²) < 4.78 is 5.49. The van der Waals surface area contributed by atoms with Crippen LogP contribution in [-0.4, -0.2) is 16.2 Å². The summed E-state index contributed by atoms with van der Waals surface area (Å²) in [5.74, 6) is -0.921. The molecule has 19 heavy (non-hydrogen) atoms. The standard InChI is InChI=1S/C14H11ClO4/c15-11-3-1-2-4-13(11)19-8-9-5-6-10(14(17)18)12(16)7-9/h1-7,16H,8H2,(H,17,18). The summed E-state index contributed by atoms with van der Waals surface area (Å²) in [6.45, 7) is 0.192. The molecule has 5 heteroatoms. The second kappa shape index (κ2) is 5.63. The van der Waals surface area contributed by atoms with Gasteiger partial charge in [-0.15, -0.1) is 0 Å². The maximum atomic E-state index is 10.7. The van der Waals surface area contributed by atoms with Crippen molar-refractivity contribution < 1.29 is 19.7 Å². The van der Waals surface area contributed by atoms with Gasteiger partial charge in [0.15, 0.2) is 0 Å². The Bertz CT molecular complexity index is 610. The maximum absolute atomic E-state index is 10.7. The van der Waals surface area contributed by atoms with E-state index < -0.39 is 5.97 Å². The van der Waals surface area contributed by atoms with E-state index in [9.17, 15) is 9.90 Å². The Hall–Kier alpha value is -2.20. The highest BCUT2D eigenvalue weighted by atomic mass is 35.5. The van der Waals surface area contributed by atoms with Crippen molar-refractivity contribution in [3.8, 4) is 11.5 Å². The number of hydrogen-bond donors (Lipinski definition) is 2. The Morgan fingerprint density at radius 3 is 2.58 bits per heavy atom. The molecule has 0 saturated heterocycles. The number of benzene rings is 2. The number of aromatic carboxylic acids is 1. The number of halogens is 1. The number of ether oxygens (including phenoxy) is 1. The third-order valence-corrected chi connectivity index (χ3v) is 2.84. The highest BCUT2D eigenvalue weighted by Gasteiger charge is 2.10. The van der Waals surface area contributed by atoms with Gasteiger partial charge in [-0.2, -0.15) is 0 Å². The topological polar surface area (TPSA) is 66.8 Å². The van der Waals surface area contributed by atoms with E-state index in [1.807, 2.05) is 0 Å². The van der Waals surface area contributed by atoms with Crippen molar-refractivity contribution in [3.63, 3.8) is 0 Å². The predicted octanol–water partition coefficient (Wildman–Crippen LogP) is 3.32. The molecule has 0 aliphatic rings. The van der Waals surface area contributed by atoms with Crippen LogP contribution in [0, 0.1) is 0 Å². The number of para-hydroxylation sites is 1. The lowest BCUT2D eigenvalue weighted by Crippen LogP contribution is -2.00. The van der Waals surface area contributed by atoms with Gasteiger partial charge in [0.1, 0.15) is 23.7 Å². The maximum Gasteiger partial charge on any atom is 0.339 e. The van der Waals surface area contributed by atoms with E-state index in [0.717, 1.165) is 0 Å². The minimum absolute atomic E-state index is 0.138. The second-order valence-electron chi connectivity index (χ2n) is 3.88. The van der Waals surface area contributed by atoms with Gasteiger partial charge in [0.05, 0.1) is 5.02 Å². The molecule has 0 aliphatic carbocycles. The number of hydrogen-bond acceptors (Lipinski definition) is 3. The molecule has 0 saturated carbocycles. The van der Waals surface area contributed by atoms with E-state index in [2.05, 4.69) is 0 Å². The molecule has 0 aromatic heterocycles. The number of carboxylic acid groups (broad SMARTS) is 1. The third kappa shape index (κ3) is 3.17. The van der Waals surface area contributed by atoms with E-state index >= 15 is 0 Å². The molecule has 2 N–H and O–H groups in total. The van der Waals surface area contributed by atoms with Gasteiger partial charge in [-0.05, 0) is 29.8 Å². The molecule has 0 unspecified atom stereocenters. The van der Waals surface area contributed by atoms with Crippen molar-refractivity contribution in [1.29, 1.82) is 0 Å². The van der Waals surface area contributed by atoms with E-state index in [4.69, 9.17) is 21.4 Å². The molecule has 0 spiro atoms. The van der Waals surface area contributed by atoms with Crippen molar-refractivity contribution in [2.45, 2.75) is 6.61 Å². The van der Waals surface area contributed by atoms with Crippen molar-refractivity contribution in [3.05, 3.63) is 58.6 Å². The van der Waals surface area contributed by atoms with Gasteiger partial charge in [0, 0.05) is 0 Å². The van der Waals surface area contributed by atoms with E-state index in [-0.39, 0.29) is 17.9 Å². The van der Waals surface area contributed by atoms with Crippen LogP contribution < -0.4 is 4.74 Å². The highest BCUT2D eigenvalue weighted by molar-refractivity contribution is 6.32. The number of phenols is 1. The zero-order valence-corrected chi connectivity index (χ0v) is 10.6. The molecule has 0 heterocycles. The SMILES string of the molecule is O=C(O)c1ccc(COc2ccccc2Cl)cc1O. The van der Waals surface area contributed by atoms with Crippen molar-refractivity contribution in [2.75, 3.05) is 0 Å². The summed E-state index contributed by atoms with van der Waals surface area (Å²) in [4.78, 5) is 10.7. The Kier molecular flexibility index (Phi) is 3.92. The molecule has 0 atom stereocenters. The van der Waals surface area contributed by atoms with Gasteiger partial charge >= 0.3 is 5.97 Å². The van der Waals surface area contributed by atoms with Crippen molar-refractivity contribution >= 4 is 17.6 Å². The van der Waals surface area contributed by atoms with Crippen LogP contribution in [0.3, 0.4) is 0 Å². The van der Waals surface area contributed by atoms with Crippen LogP contribution in [0.1, 0.15) is 15.9 Å². The lowest BCUT2D eigenvalue weighted by molar-refractivity contribution is 0.0693. The fraction of sp³-hybridized carbons (Fsp3) is 0.0714. The average Bonchev–Trinajstić information content (AvgIpc) is 2.37. The van der Waals surface area contributed by atoms with Crippen molar-refractivity contribution in [2.24, 2.45) is 0 Å². The third-order valence-electron chi connectivity index (χ3n) is 2.52. The molecule has 2 aromatic carbocycles. The first-order valence-corrected chi connectivity index (χ1v) is 5.88. The quantitative estimate of drug-likeness (QED) is 0.900. The van der Waals surface area contributed by atoms with Gasteiger partial charge < -0.3 is 14.9 Å². The van der Waals surface area contributed by atoms with Gasteiger partial charge in [-0.25, -0.2) is 4.79 Å². The first-order chi connectivity index (χ1) is 9.08. The Morgan fingerprint density at radius 2 is 1.95 bits per heavy atom. The van der Waals surface area contributed by atoms with E-state index in [0.29, 0.717) is 16.3 Å². The van der Waals surface area contributed by atoms with Crippen LogP contribution in [0.5, 0.6) is 11.5 Å². The zero-order chi connectivity index (χ0) is 13.8. The smallest absolute Gasteiger partial charge is 0.339 e. The number of aromatic hydroxyl groups is 1. The van der Waals surface area contributed by atoms with Gasteiger partial charge in [0.25, 0.3) is 0 Å². The minimum atomic E-state index is -1.17. The lowest BCUT2D eigenvalue weighted by atomic mass is 10.1. The molecular formula is C14H11ClO4. The van der Waals surface area contributed by atoms with E-state index in [1.54, 1.807) is 30.3 Å². The summed E-state index contributed by atoms with van der Waals surface area (Å²) in [6.07, 6.45) is 0. The molecule has 0 aliphatic heterocycles. The first-order valence-electron chi connectivity index (χ1n) is 5.50. The van der Waals surface area contributed by atoms with Crippen LogP contribution in [0.2, 0.25) is 5.02 Å². The van der Waals surface area contributed by atoms with Crippen LogP contribution in [0.25, 0.3) is 0 Å². The predicted molar refractivity (Wildman–Crippen MR) is 70.9 cm³/mol. The number of carbonyl (C=O) groups is 1. The molecule has 0 radical (unpaired) electrons. The van der Waals surface area contributed by atoms with Gasteiger partial charge in [-0.1, -0.05) is 29.8 Å². The molecule has 2 rings (SSSR count). The zero-order valence-electron chi connectivity index (χ0n) is 9.84.